The molecule has 0 amide bonds. The first-order chi connectivity index (χ1) is 7.61. The first kappa shape index (κ1) is 13.9. The zero-order chi connectivity index (χ0) is 13.4. The number of alkyl halides is 2. The first-order valence-corrected chi connectivity index (χ1v) is 5.43. The van der Waals surface area contributed by atoms with Gasteiger partial charge in [-0.05, 0) is 44.9 Å². The van der Waals surface area contributed by atoms with E-state index in [9.17, 15) is 8.78 Å². The van der Waals surface area contributed by atoms with Crippen LogP contribution in [-0.4, -0.2) is 12.6 Å². The van der Waals surface area contributed by atoms with Gasteiger partial charge in [-0.1, -0.05) is 6.07 Å². The number of nitrogens with two attached hydrogens (primary N) is 1. The molecule has 2 nitrogen and oxygen atoms in total. The Kier molecular flexibility index (Phi) is 3.48. The Bertz CT molecular complexity index is 422. The fourth-order valence-electron chi connectivity index (χ4n) is 1.81. The lowest BCUT2D eigenvalue weighted by molar-refractivity contribution is -0.0693. The number of aryl methyl sites for hydroxylation is 2. The lowest BCUT2D eigenvalue weighted by Gasteiger charge is -2.32. The standard InChI is InChI=1S/C13H19F2NO/c1-8-6-9(2)11(10(7-8)17-5)13(14,15)12(3,4)16/h6-7H,16H2,1-5H3. The Morgan fingerprint density at radius 3 is 2.12 bits per heavy atom. The minimum absolute atomic E-state index is 0.127. The van der Waals surface area contributed by atoms with Crippen molar-refractivity contribution in [3.05, 3.63) is 28.8 Å². The third-order valence-corrected chi connectivity index (χ3v) is 2.79. The smallest absolute Gasteiger partial charge is 0.294 e. The highest BCUT2D eigenvalue weighted by Gasteiger charge is 2.48. The van der Waals surface area contributed by atoms with E-state index in [0.29, 0.717) is 5.56 Å². The van der Waals surface area contributed by atoms with Gasteiger partial charge in [-0.15, -0.1) is 0 Å². The van der Waals surface area contributed by atoms with Crippen molar-refractivity contribution >= 4 is 0 Å². The van der Waals surface area contributed by atoms with Gasteiger partial charge < -0.3 is 10.5 Å². The monoisotopic (exact) mass is 243 g/mol. The zero-order valence-electron chi connectivity index (χ0n) is 10.9. The van der Waals surface area contributed by atoms with Crippen LogP contribution in [0, 0.1) is 13.8 Å². The molecule has 1 rings (SSSR count). The van der Waals surface area contributed by atoms with Gasteiger partial charge in [-0.3, -0.25) is 0 Å². The van der Waals surface area contributed by atoms with E-state index in [-0.39, 0.29) is 11.3 Å². The Morgan fingerprint density at radius 1 is 1.18 bits per heavy atom. The zero-order valence-corrected chi connectivity index (χ0v) is 10.9. The molecule has 0 bridgehead atoms. The number of ether oxygens (including phenoxy) is 1. The maximum absolute atomic E-state index is 14.3. The number of benzene rings is 1. The number of rotatable bonds is 3. The van der Waals surface area contributed by atoms with Crippen molar-refractivity contribution in [2.24, 2.45) is 5.73 Å². The summed E-state index contributed by atoms with van der Waals surface area (Å²) in [6, 6.07) is 3.31. The summed E-state index contributed by atoms with van der Waals surface area (Å²) in [5, 5.41) is 0. The maximum atomic E-state index is 14.3. The Balaban J connectivity index is 3.50. The van der Waals surface area contributed by atoms with E-state index in [0.717, 1.165) is 5.56 Å². The molecule has 0 aromatic heterocycles. The highest BCUT2D eigenvalue weighted by molar-refractivity contribution is 5.47. The molecule has 0 spiro atoms. The van der Waals surface area contributed by atoms with Crippen molar-refractivity contribution in [3.8, 4) is 5.75 Å². The minimum atomic E-state index is -3.14. The Hall–Kier alpha value is -1.16. The fourth-order valence-corrected chi connectivity index (χ4v) is 1.81. The van der Waals surface area contributed by atoms with Gasteiger partial charge in [0.15, 0.2) is 0 Å². The molecule has 0 saturated heterocycles. The van der Waals surface area contributed by atoms with Gasteiger partial charge in [0.2, 0.25) is 0 Å². The van der Waals surface area contributed by atoms with Crippen LogP contribution in [0.25, 0.3) is 0 Å². The average molecular weight is 243 g/mol. The minimum Gasteiger partial charge on any atom is -0.496 e. The molecule has 0 aliphatic carbocycles. The van der Waals surface area contributed by atoms with Crippen molar-refractivity contribution in [3.63, 3.8) is 0 Å². The summed E-state index contributed by atoms with van der Waals surface area (Å²) in [6.45, 7) is 6.10. The van der Waals surface area contributed by atoms with Crippen molar-refractivity contribution < 1.29 is 13.5 Å². The van der Waals surface area contributed by atoms with Crippen LogP contribution in [0.3, 0.4) is 0 Å². The highest BCUT2D eigenvalue weighted by atomic mass is 19.3. The second-order valence-corrected chi connectivity index (χ2v) is 4.96. The van der Waals surface area contributed by atoms with Crippen LogP contribution in [0.4, 0.5) is 8.78 Å². The van der Waals surface area contributed by atoms with Crippen LogP contribution >= 0.6 is 0 Å². The molecule has 0 saturated carbocycles. The van der Waals surface area contributed by atoms with E-state index in [2.05, 4.69) is 0 Å². The predicted molar refractivity (Wildman–Crippen MR) is 64.6 cm³/mol. The summed E-state index contributed by atoms with van der Waals surface area (Å²) < 4.78 is 33.6. The lowest BCUT2D eigenvalue weighted by atomic mass is 9.87. The largest absolute Gasteiger partial charge is 0.496 e. The van der Waals surface area contributed by atoms with E-state index in [1.54, 1.807) is 19.1 Å². The molecular weight excluding hydrogens is 224 g/mol. The molecule has 0 aliphatic rings. The second kappa shape index (κ2) is 4.26. The summed E-state index contributed by atoms with van der Waals surface area (Å²) in [6.07, 6.45) is 0. The molecule has 0 heterocycles. The fraction of sp³-hybridized carbons (Fsp3) is 0.538. The van der Waals surface area contributed by atoms with Gasteiger partial charge in [-0.2, -0.15) is 8.78 Å². The molecule has 0 unspecified atom stereocenters. The molecule has 0 atom stereocenters. The van der Waals surface area contributed by atoms with Crippen molar-refractivity contribution in [1.29, 1.82) is 0 Å². The molecule has 4 heteroatoms. The third kappa shape index (κ3) is 2.41. The predicted octanol–water partition coefficient (Wildman–Crippen LogP) is 3.14. The summed E-state index contributed by atoms with van der Waals surface area (Å²) >= 11 is 0. The topological polar surface area (TPSA) is 35.2 Å². The van der Waals surface area contributed by atoms with Gasteiger partial charge in [0.1, 0.15) is 5.75 Å². The van der Waals surface area contributed by atoms with Gasteiger partial charge >= 0.3 is 0 Å². The number of hydrogen-bond donors (Lipinski definition) is 1. The first-order valence-electron chi connectivity index (χ1n) is 5.43. The van der Waals surface area contributed by atoms with E-state index in [1.807, 2.05) is 6.92 Å². The molecule has 0 fully saturated rings. The molecule has 17 heavy (non-hydrogen) atoms. The number of halogens is 2. The van der Waals surface area contributed by atoms with Crippen LogP contribution in [0.1, 0.15) is 30.5 Å². The van der Waals surface area contributed by atoms with Gasteiger partial charge in [0.25, 0.3) is 5.92 Å². The number of methoxy groups -OCH3 is 1. The van der Waals surface area contributed by atoms with Gasteiger partial charge in [0.05, 0.1) is 18.2 Å². The SMILES string of the molecule is COc1cc(C)cc(C)c1C(F)(F)C(C)(C)N. The Labute approximate surface area is 101 Å². The van der Waals surface area contributed by atoms with Gasteiger partial charge in [-0.25, -0.2) is 0 Å². The van der Waals surface area contributed by atoms with Crippen molar-refractivity contribution in [1.82, 2.24) is 0 Å². The van der Waals surface area contributed by atoms with E-state index in [1.165, 1.54) is 21.0 Å². The van der Waals surface area contributed by atoms with Crippen LogP contribution in [0.5, 0.6) is 5.75 Å². The van der Waals surface area contributed by atoms with Crippen LogP contribution in [-0.2, 0) is 5.92 Å². The van der Waals surface area contributed by atoms with Crippen LogP contribution in [0.15, 0.2) is 12.1 Å². The van der Waals surface area contributed by atoms with E-state index >= 15 is 0 Å². The van der Waals surface area contributed by atoms with Crippen molar-refractivity contribution in [2.75, 3.05) is 7.11 Å². The third-order valence-electron chi connectivity index (χ3n) is 2.79. The summed E-state index contributed by atoms with van der Waals surface area (Å²) in [4.78, 5) is 0. The lowest BCUT2D eigenvalue weighted by Crippen LogP contribution is -2.49. The normalized spacial score (nSPS) is 12.7. The molecule has 2 N–H and O–H groups in total. The van der Waals surface area contributed by atoms with E-state index in [4.69, 9.17) is 10.5 Å². The highest BCUT2D eigenvalue weighted by Crippen LogP contribution is 2.43. The molecule has 1 aromatic rings. The maximum Gasteiger partial charge on any atom is 0.294 e. The number of hydrogen-bond acceptors (Lipinski definition) is 2. The summed E-state index contributed by atoms with van der Waals surface area (Å²) in [5.41, 5.74) is 5.18. The molecule has 1 aromatic carbocycles. The molecule has 96 valence electrons. The van der Waals surface area contributed by atoms with E-state index < -0.39 is 11.5 Å². The summed E-state index contributed by atoms with van der Waals surface area (Å²) in [5.74, 6) is -2.96. The van der Waals surface area contributed by atoms with Crippen LogP contribution in [0.2, 0.25) is 0 Å². The van der Waals surface area contributed by atoms with Gasteiger partial charge in [0, 0.05) is 0 Å². The molecular formula is C13H19F2NO. The summed E-state index contributed by atoms with van der Waals surface area (Å²) in [7, 11) is 1.39. The average Bonchev–Trinajstić information content (AvgIpc) is 2.13. The Morgan fingerprint density at radius 2 is 1.71 bits per heavy atom. The van der Waals surface area contributed by atoms with Crippen LogP contribution < -0.4 is 10.5 Å². The van der Waals surface area contributed by atoms with Crippen molar-refractivity contribution in [2.45, 2.75) is 39.2 Å². The second-order valence-electron chi connectivity index (χ2n) is 4.96. The molecule has 0 radical (unpaired) electrons. The molecule has 0 aliphatic heterocycles. The quantitative estimate of drug-likeness (QED) is 0.885.